The summed E-state index contributed by atoms with van der Waals surface area (Å²) in [6.07, 6.45) is 2.04. The van der Waals surface area contributed by atoms with E-state index in [2.05, 4.69) is 5.32 Å². The molecule has 0 spiro atoms. The Morgan fingerprint density at radius 1 is 1.30 bits per heavy atom. The van der Waals surface area contributed by atoms with Crippen LogP contribution >= 0.6 is 11.6 Å². The fraction of sp³-hybridized carbons (Fsp3) is 0.500. The fourth-order valence-electron chi connectivity index (χ4n) is 2.47. The summed E-state index contributed by atoms with van der Waals surface area (Å²) < 4.78 is 10.6. The van der Waals surface area contributed by atoms with Gasteiger partial charge >= 0.3 is 0 Å². The Balaban J connectivity index is 2.04. The van der Waals surface area contributed by atoms with Crippen LogP contribution in [0, 0.1) is 0 Å². The first kappa shape index (κ1) is 17.4. The van der Waals surface area contributed by atoms with E-state index < -0.39 is 0 Å². The maximum atomic E-state index is 12.2. The van der Waals surface area contributed by atoms with Gasteiger partial charge in [0, 0.05) is 18.7 Å². The molecule has 0 aliphatic carbocycles. The summed E-state index contributed by atoms with van der Waals surface area (Å²) in [4.78, 5) is 25.9. The number of benzene rings is 1. The van der Waals surface area contributed by atoms with Gasteiger partial charge in [0.05, 0.1) is 25.3 Å². The Morgan fingerprint density at radius 2 is 2.00 bits per heavy atom. The number of hydrogen-bond donors (Lipinski definition) is 1. The number of carbonyl (C=O) groups excluding carboxylic acids is 2. The van der Waals surface area contributed by atoms with Crippen LogP contribution in [0.3, 0.4) is 0 Å². The molecule has 0 bridgehead atoms. The Hall–Kier alpha value is -1.95. The molecule has 2 rings (SSSR count). The highest BCUT2D eigenvalue weighted by Gasteiger charge is 2.20. The molecule has 1 fully saturated rings. The SMILES string of the molecule is CCOc1c(Cl)cc(C(=O)NCC(=O)N2CCCC2)cc1OC. The molecule has 0 aromatic heterocycles. The summed E-state index contributed by atoms with van der Waals surface area (Å²) in [5.41, 5.74) is 0.324. The van der Waals surface area contributed by atoms with E-state index in [0.29, 0.717) is 28.7 Å². The minimum Gasteiger partial charge on any atom is -0.493 e. The minimum absolute atomic E-state index is 0.0218. The average molecular weight is 341 g/mol. The van der Waals surface area contributed by atoms with Gasteiger partial charge in [-0.1, -0.05) is 11.6 Å². The lowest BCUT2D eigenvalue weighted by atomic mass is 10.2. The number of nitrogens with zero attached hydrogens (tertiary/aromatic N) is 1. The van der Waals surface area contributed by atoms with Crippen molar-refractivity contribution in [1.29, 1.82) is 0 Å². The number of carbonyl (C=O) groups is 2. The molecule has 1 aliphatic heterocycles. The Morgan fingerprint density at radius 3 is 2.61 bits per heavy atom. The largest absolute Gasteiger partial charge is 0.493 e. The second kappa shape index (κ2) is 8.06. The van der Waals surface area contributed by atoms with Gasteiger partial charge in [0.25, 0.3) is 5.91 Å². The van der Waals surface area contributed by atoms with Crippen LogP contribution in [0.4, 0.5) is 0 Å². The lowest BCUT2D eigenvalue weighted by Gasteiger charge is -2.16. The van der Waals surface area contributed by atoms with E-state index in [9.17, 15) is 9.59 Å². The van der Waals surface area contributed by atoms with Crippen LogP contribution in [0.1, 0.15) is 30.1 Å². The van der Waals surface area contributed by atoms with Gasteiger partial charge in [0.2, 0.25) is 5.91 Å². The van der Waals surface area contributed by atoms with Crippen LogP contribution in [-0.4, -0.2) is 50.1 Å². The molecule has 0 unspecified atom stereocenters. The van der Waals surface area contributed by atoms with Crippen LogP contribution in [-0.2, 0) is 4.79 Å². The maximum Gasteiger partial charge on any atom is 0.251 e. The van der Waals surface area contributed by atoms with Gasteiger partial charge in [-0.15, -0.1) is 0 Å². The third-order valence-corrected chi connectivity index (χ3v) is 3.92. The predicted molar refractivity (Wildman–Crippen MR) is 87.3 cm³/mol. The number of halogens is 1. The first-order valence-electron chi connectivity index (χ1n) is 7.63. The molecule has 1 N–H and O–H groups in total. The van der Waals surface area contributed by atoms with Crippen molar-refractivity contribution >= 4 is 23.4 Å². The summed E-state index contributed by atoms with van der Waals surface area (Å²) in [6, 6.07) is 3.05. The van der Waals surface area contributed by atoms with Crippen LogP contribution in [0.5, 0.6) is 11.5 Å². The third kappa shape index (κ3) is 4.28. The molecule has 0 saturated carbocycles. The fourth-order valence-corrected chi connectivity index (χ4v) is 2.74. The predicted octanol–water partition coefficient (Wildman–Crippen LogP) is 2.10. The molecule has 1 saturated heterocycles. The number of methoxy groups -OCH3 is 1. The highest BCUT2D eigenvalue weighted by molar-refractivity contribution is 6.32. The van der Waals surface area contributed by atoms with E-state index in [-0.39, 0.29) is 18.4 Å². The van der Waals surface area contributed by atoms with E-state index in [1.54, 1.807) is 11.0 Å². The van der Waals surface area contributed by atoms with Crippen molar-refractivity contribution in [2.24, 2.45) is 0 Å². The lowest BCUT2D eigenvalue weighted by molar-refractivity contribution is -0.129. The number of rotatable bonds is 6. The molecule has 23 heavy (non-hydrogen) atoms. The zero-order chi connectivity index (χ0) is 16.8. The number of nitrogens with one attached hydrogen (secondary N) is 1. The summed E-state index contributed by atoms with van der Waals surface area (Å²) in [5.74, 6) is 0.345. The molecular formula is C16H21ClN2O4. The smallest absolute Gasteiger partial charge is 0.251 e. The van der Waals surface area contributed by atoms with Gasteiger partial charge in [-0.3, -0.25) is 9.59 Å². The van der Waals surface area contributed by atoms with E-state index >= 15 is 0 Å². The molecular weight excluding hydrogens is 320 g/mol. The molecule has 0 atom stereocenters. The molecule has 7 heteroatoms. The number of hydrogen-bond acceptors (Lipinski definition) is 4. The van der Waals surface area contributed by atoms with Gasteiger partial charge < -0.3 is 19.7 Å². The summed E-state index contributed by atoms with van der Waals surface area (Å²) in [6.45, 7) is 3.77. The number of likely N-dealkylation sites (tertiary alicyclic amines) is 1. The van der Waals surface area contributed by atoms with Crippen LogP contribution in [0.2, 0.25) is 5.02 Å². The normalized spacial score (nSPS) is 13.8. The highest BCUT2D eigenvalue weighted by atomic mass is 35.5. The van der Waals surface area contributed by atoms with Gasteiger partial charge in [-0.25, -0.2) is 0 Å². The van der Waals surface area contributed by atoms with Gasteiger partial charge in [-0.2, -0.15) is 0 Å². The monoisotopic (exact) mass is 340 g/mol. The summed E-state index contributed by atoms with van der Waals surface area (Å²) in [7, 11) is 1.48. The Bertz CT molecular complexity index is 586. The highest BCUT2D eigenvalue weighted by Crippen LogP contribution is 2.36. The third-order valence-electron chi connectivity index (χ3n) is 3.64. The van der Waals surface area contributed by atoms with Crippen molar-refractivity contribution in [2.75, 3.05) is 33.4 Å². The van der Waals surface area contributed by atoms with Crippen molar-refractivity contribution in [3.05, 3.63) is 22.7 Å². The Kier molecular flexibility index (Phi) is 6.10. The van der Waals surface area contributed by atoms with Crippen LogP contribution in [0.15, 0.2) is 12.1 Å². The molecule has 1 heterocycles. The Labute approximate surface area is 140 Å². The van der Waals surface area contributed by atoms with Crippen LogP contribution in [0.25, 0.3) is 0 Å². The van der Waals surface area contributed by atoms with Crippen molar-refractivity contribution in [1.82, 2.24) is 10.2 Å². The van der Waals surface area contributed by atoms with Crippen molar-refractivity contribution in [3.63, 3.8) is 0 Å². The molecule has 126 valence electrons. The van der Waals surface area contributed by atoms with E-state index in [4.69, 9.17) is 21.1 Å². The van der Waals surface area contributed by atoms with E-state index in [0.717, 1.165) is 25.9 Å². The van der Waals surface area contributed by atoms with Gasteiger partial charge in [-0.05, 0) is 31.9 Å². The quantitative estimate of drug-likeness (QED) is 0.861. The minimum atomic E-state index is -0.374. The van der Waals surface area contributed by atoms with Crippen molar-refractivity contribution < 1.29 is 19.1 Å². The van der Waals surface area contributed by atoms with Gasteiger partial charge in [0.1, 0.15) is 0 Å². The second-order valence-electron chi connectivity index (χ2n) is 5.19. The molecule has 1 aromatic rings. The van der Waals surface area contributed by atoms with E-state index in [1.807, 2.05) is 6.92 Å². The summed E-state index contributed by atoms with van der Waals surface area (Å²) >= 11 is 6.14. The zero-order valence-electron chi connectivity index (χ0n) is 13.4. The van der Waals surface area contributed by atoms with E-state index in [1.165, 1.54) is 13.2 Å². The molecule has 1 aliphatic rings. The average Bonchev–Trinajstić information content (AvgIpc) is 3.08. The van der Waals surface area contributed by atoms with Crippen molar-refractivity contribution in [2.45, 2.75) is 19.8 Å². The first-order valence-corrected chi connectivity index (χ1v) is 8.01. The zero-order valence-corrected chi connectivity index (χ0v) is 14.1. The first-order chi connectivity index (χ1) is 11.1. The van der Waals surface area contributed by atoms with Gasteiger partial charge in [0.15, 0.2) is 11.5 Å². The lowest BCUT2D eigenvalue weighted by Crippen LogP contribution is -2.38. The maximum absolute atomic E-state index is 12.2. The van der Waals surface area contributed by atoms with Crippen molar-refractivity contribution in [3.8, 4) is 11.5 Å². The topological polar surface area (TPSA) is 67.9 Å². The van der Waals surface area contributed by atoms with Crippen LogP contribution < -0.4 is 14.8 Å². The standard InChI is InChI=1S/C16H21ClN2O4/c1-3-23-15-12(17)8-11(9-13(15)22-2)16(21)18-10-14(20)19-6-4-5-7-19/h8-9H,3-7,10H2,1-2H3,(H,18,21). The molecule has 1 aromatic carbocycles. The molecule has 6 nitrogen and oxygen atoms in total. The number of amides is 2. The second-order valence-corrected chi connectivity index (χ2v) is 5.60. The molecule has 2 amide bonds. The molecule has 0 radical (unpaired) electrons. The number of ether oxygens (including phenoxy) is 2. The summed E-state index contributed by atoms with van der Waals surface area (Å²) in [5, 5.41) is 2.91.